The Morgan fingerprint density at radius 2 is 2.32 bits per heavy atom. The van der Waals surface area contributed by atoms with Crippen LogP contribution < -0.4 is 5.32 Å². The summed E-state index contributed by atoms with van der Waals surface area (Å²) >= 11 is 0. The molecular weight excluding hydrogens is 244 g/mol. The average molecular weight is 262 g/mol. The van der Waals surface area contributed by atoms with Crippen LogP contribution in [0.15, 0.2) is 12.3 Å². The van der Waals surface area contributed by atoms with E-state index >= 15 is 0 Å². The van der Waals surface area contributed by atoms with E-state index in [1.54, 1.807) is 0 Å². The van der Waals surface area contributed by atoms with E-state index in [1.807, 2.05) is 0 Å². The van der Waals surface area contributed by atoms with E-state index in [-0.39, 0.29) is 5.56 Å². The molecule has 6 nitrogen and oxygen atoms in total. The summed E-state index contributed by atoms with van der Waals surface area (Å²) in [6.45, 7) is 2.30. The first-order valence-corrected chi connectivity index (χ1v) is 6.79. The maximum absolute atomic E-state index is 11.1. The molecule has 0 amide bonds. The second-order valence-corrected chi connectivity index (χ2v) is 5.30. The van der Waals surface area contributed by atoms with Crippen molar-refractivity contribution in [3.8, 4) is 0 Å². The van der Waals surface area contributed by atoms with Gasteiger partial charge >= 0.3 is 5.97 Å². The second-order valence-electron chi connectivity index (χ2n) is 5.30. The van der Waals surface area contributed by atoms with Crippen molar-refractivity contribution < 1.29 is 9.90 Å². The maximum Gasteiger partial charge on any atom is 0.339 e. The summed E-state index contributed by atoms with van der Waals surface area (Å²) in [5.74, 6) is -0.567. The standard InChI is InChI=1S/C13H18N4O2/c18-13(19)11-3-5-14-16-12(11)15-9-4-7-17-6-1-2-10(17)8-9/h3,5,9-10H,1-2,4,6-8H2,(H,15,16)(H,18,19). The van der Waals surface area contributed by atoms with Gasteiger partial charge in [-0.2, -0.15) is 5.10 Å². The Hall–Kier alpha value is -1.69. The van der Waals surface area contributed by atoms with Crippen LogP contribution in [0.3, 0.4) is 0 Å². The SMILES string of the molecule is O=C(O)c1ccnnc1NC1CCN2CCCC2C1. The summed E-state index contributed by atoms with van der Waals surface area (Å²) in [5, 5.41) is 20.1. The molecule has 2 aliphatic rings. The molecule has 2 fully saturated rings. The van der Waals surface area contributed by atoms with Crippen LogP contribution in [0.2, 0.25) is 0 Å². The Labute approximate surface area is 111 Å². The van der Waals surface area contributed by atoms with Gasteiger partial charge in [0.2, 0.25) is 0 Å². The topological polar surface area (TPSA) is 78.3 Å². The van der Waals surface area contributed by atoms with Crippen molar-refractivity contribution in [2.24, 2.45) is 0 Å². The molecule has 3 heterocycles. The molecule has 102 valence electrons. The maximum atomic E-state index is 11.1. The molecule has 3 rings (SSSR count). The van der Waals surface area contributed by atoms with Crippen LogP contribution in [-0.2, 0) is 0 Å². The lowest BCUT2D eigenvalue weighted by Gasteiger charge is -2.35. The number of aromatic carboxylic acids is 1. The molecule has 2 saturated heterocycles. The van der Waals surface area contributed by atoms with Crippen molar-refractivity contribution in [3.05, 3.63) is 17.8 Å². The van der Waals surface area contributed by atoms with Crippen molar-refractivity contribution in [3.63, 3.8) is 0 Å². The van der Waals surface area contributed by atoms with Crippen molar-refractivity contribution in [1.29, 1.82) is 0 Å². The molecule has 0 bridgehead atoms. The van der Waals surface area contributed by atoms with E-state index in [1.165, 1.54) is 31.6 Å². The van der Waals surface area contributed by atoms with Gasteiger partial charge in [-0.15, -0.1) is 5.10 Å². The van der Waals surface area contributed by atoms with Crippen LogP contribution in [0, 0.1) is 0 Å². The minimum absolute atomic E-state index is 0.198. The highest BCUT2D eigenvalue weighted by Gasteiger charge is 2.32. The van der Waals surface area contributed by atoms with Crippen molar-refractivity contribution in [2.45, 2.75) is 37.8 Å². The first kappa shape index (κ1) is 12.3. The molecule has 2 atom stereocenters. The monoisotopic (exact) mass is 262 g/mol. The molecule has 2 aliphatic heterocycles. The Morgan fingerprint density at radius 3 is 3.16 bits per heavy atom. The fourth-order valence-electron chi connectivity index (χ4n) is 3.16. The number of carboxylic acid groups (broad SMARTS) is 1. The van der Waals surface area contributed by atoms with Crippen LogP contribution in [0.4, 0.5) is 5.82 Å². The molecule has 0 aliphatic carbocycles. The highest BCUT2D eigenvalue weighted by atomic mass is 16.4. The van der Waals surface area contributed by atoms with Gasteiger partial charge in [0, 0.05) is 18.6 Å². The predicted molar refractivity (Wildman–Crippen MR) is 70.2 cm³/mol. The Balaban J connectivity index is 1.70. The summed E-state index contributed by atoms with van der Waals surface area (Å²) in [7, 11) is 0. The molecule has 19 heavy (non-hydrogen) atoms. The average Bonchev–Trinajstić information content (AvgIpc) is 2.86. The van der Waals surface area contributed by atoms with Crippen LogP contribution in [0.1, 0.15) is 36.0 Å². The lowest BCUT2D eigenvalue weighted by atomic mass is 9.97. The van der Waals surface area contributed by atoms with Crippen LogP contribution in [-0.4, -0.2) is 51.3 Å². The van der Waals surface area contributed by atoms with Gasteiger partial charge in [-0.1, -0.05) is 0 Å². The molecule has 2 unspecified atom stereocenters. The molecule has 0 spiro atoms. The molecule has 6 heteroatoms. The quantitative estimate of drug-likeness (QED) is 0.852. The predicted octanol–water partition coefficient (Wildman–Crippen LogP) is 1.21. The van der Waals surface area contributed by atoms with Gasteiger partial charge in [0.05, 0.1) is 6.20 Å². The number of fused-ring (bicyclic) bond motifs is 1. The molecule has 1 aromatic rings. The Bertz CT molecular complexity index is 479. The van der Waals surface area contributed by atoms with E-state index in [0.29, 0.717) is 17.9 Å². The van der Waals surface area contributed by atoms with Crippen LogP contribution in [0.25, 0.3) is 0 Å². The summed E-state index contributed by atoms with van der Waals surface area (Å²) in [6, 6.07) is 2.44. The highest BCUT2D eigenvalue weighted by Crippen LogP contribution is 2.28. The van der Waals surface area contributed by atoms with Gasteiger partial charge in [0.15, 0.2) is 5.82 Å². The van der Waals surface area contributed by atoms with Gasteiger partial charge in [0.25, 0.3) is 0 Å². The third kappa shape index (κ3) is 2.53. The van der Waals surface area contributed by atoms with E-state index in [0.717, 1.165) is 19.4 Å². The van der Waals surface area contributed by atoms with E-state index in [4.69, 9.17) is 5.11 Å². The number of aromatic nitrogens is 2. The number of nitrogens with zero attached hydrogens (tertiary/aromatic N) is 3. The fraction of sp³-hybridized carbons (Fsp3) is 0.615. The van der Waals surface area contributed by atoms with Gasteiger partial charge in [-0.3, -0.25) is 0 Å². The first-order chi connectivity index (χ1) is 9.24. The summed E-state index contributed by atoms with van der Waals surface area (Å²) in [5.41, 5.74) is 0.198. The number of piperidine rings is 1. The van der Waals surface area contributed by atoms with Crippen molar-refractivity contribution >= 4 is 11.8 Å². The minimum Gasteiger partial charge on any atom is -0.478 e. The fourth-order valence-corrected chi connectivity index (χ4v) is 3.16. The van der Waals surface area contributed by atoms with E-state index in [2.05, 4.69) is 20.4 Å². The summed E-state index contributed by atoms with van der Waals surface area (Å²) < 4.78 is 0. The molecular formula is C13H18N4O2. The zero-order valence-corrected chi connectivity index (χ0v) is 10.7. The number of hydrogen-bond acceptors (Lipinski definition) is 5. The minimum atomic E-state index is -0.962. The number of anilines is 1. The van der Waals surface area contributed by atoms with E-state index < -0.39 is 5.97 Å². The number of nitrogens with one attached hydrogen (secondary N) is 1. The molecule has 0 saturated carbocycles. The van der Waals surface area contributed by atoms with Crippen molar-refractivity contribution in [2.75, 3.05) is 18.4 Å². The second kappa shape index (κ2) is 5.13. The lowest BCUT2D eigenvalue weighted by molar-refractivity contribution is 0.0697. The first-order valence-electron chi connectivity index (χ1n) is 6.79. The largest absolute Gasteiger partial charge is 0.478 e. The van der Waals surface area contributed by atoms with E-state index in [9.17, 15) is 4.79 Å². The Morgan fingerprint density at radius 1 is 1.42 bits per heavy atom. The number of rotatable bonds is 3. The van der Waals surface area contributed by atoms with Gasteiger partial charge < -0.3 is 15.3 Å². The third-order valence-corrected chi connectivity index (χ3v) is 4.11. The van der Waals surface area contributed by atoms with Gasteiger partial charge in [-0.25, -0.2) is 4.79 Å². The zero-order chi connectivity index (χ0) is 13.2. The van der Waals surface area contributed by atoms with Crippen LogP contribution >= 0.6 is 0 Å². The van der Waals surface area contributed by atoms with Gasteiger partial charge in [-0.05, 0) is 38.3 Å². The molecule has 2 N–H and O–H groups in total. The molecule has 0 radical (unpaired) electrons. The third-order valence-electron chi connectivity index (χ3n) is 4.11. The Kier molecular flexibility index (Phi) is 3.33. The number of hydrogen-bond donors (Lipinski definition) is 2. The highest BCUT2D eigenvalue weighted by molar-refractivity contribution is 5.92. The summed E-state index contributed by atoms with van der Waals surface area (Å²) in [4.78, 5) is 13.7. The molecule has 0 aromatic carbocycles. The normalized spacial score (nSPS) is 26.9. The number of carbonyl (C=O) groups is 1. The smallest absolute Gasteiger partial charge is 0.339 e. The van der Waals surface area contributed by atoms with Crippen LogP contribution in [0.5, 0.6) is 0 Å². The number of carboxylic acids is 1. The van der Waals surface area contributed by atoms with Gasteiger partial charge in [0.1, 0.15) is 5.56 Å². The lowest BCUT2D eigenvalue weighted by Crippen LogP contribution is -2.43. The zero-order valence-electron chi connectivity index (χ0n) is 10.7. The molecule has 1 aromatic heterocycles. The summed E-state index contributed by atoms with van der Waals surface area (Å²) in [6.07, 6.45) is 6.04. The van der Waals surface area contributed by atoms with Crippen molar-refractivity contribution in [1.82, 2.24) is 15.1 Å².